The number of rotatable bonds is 5. The third-order valence-electron chi connectivity index (χ3n) is 5.01. The van der Waals surface area contributed by atoms with E-state index < -0.39 is 5.60 Å². The zero-order valence-electron chi connectivity index (χ0n) is 14.0. The number of pyridine rings is 1. The standard InChI is InChI=1S/C19H26N2O2/c1-15(18-6-5-16(2)23-18)7-11-21-12-8-19(22,9-13-21)17-4-3-10-20-14-17/h3-6,10,14-15,22H,7-9,11-13H2,1-2H3/t15-/m0/s1. The molecular weight excluding hydrogens is 288 g/mol. The summed E-state index contributed by atoms with van der Waals surface area (Å²) < 4.78 is 5.71. The molecule has 0 bridgehead atoms. The Morgan fingerprint density at radius 3 is 2.70 bits per heavy atom. The van der Waals surface area contributed by atoms with E-state index in [1.54, 1.807) is 12.4 Å². The normalized spacial score (nSPS) is 19.6. The Morgan fingerprint density at radius 1 is 1.30 bits per heavy atom. The van der Waals surface area contributed by atoms with E-state index in [-0.39, 0.29) is 0 Å². The highest BCUT2D eigenvalue weighted by atomic mass is 16.3. The molecule has 1 aliphatic rings. The molecule has 4 nitrogen and oxygen atoms in total. The van der Waals surface area contributed by atoms with Crippen LogP contribution in [-0.2, 0) is 5.60 Å². The number of aromatic nitrogens is 1. The van der Waals surface area contributed by atoms with Crippen molar-refractivity contribution in [3.63, 3.8) is 0 Å². The molecular formula is C19H26N2O2. The number of nitrogens with zero attached hydrogens (tertiary/aromatic N) is 2. The van der Waals surface area contributed by atoms with Crippen molar-refractivity contribution in [2.75, 3.05) is 19.6 Å². The maximum atomic E-state index is 10.8. The SMILES string of the molecule is Cc1ccc([C@@H](C)CCN2CCC(O)(c3cccnc3)CC2)o1. The maximum Gasteiger partial charge on any atom is 0.107 e. The summed E-state index contributed by atoms with van der Waals surface area (Å²) >= 11 is 0. The molecule has 0 aliphatic carbocycles. The molecule has 3 rings (SSSR count). The molecule has 1 N–H and O–H groups in total. The lowest BCUT2D eigenvalue weighted by atomic mass is 9.85. The van der Waals surface area contributed by atoms with Crippen molar-refractivity contribution in [1.82, 2.24) is 9.88 Å². The first-order valence-electron chi connectivity index (χ1n) is 8.48. The van der Waals surface area contributed by atoms with Gasteiger partial charge in [0.2, 0.25) is 0 Å². The van der Waals surface area contributed by atoms with Crippen LogP contribution in [0.3, 0.4) is 0 Å². The highest BCUT2D eigenvalue weighted by Crippen LogP contribution is 2.32. The van der Waals surface area contributed by atoms with Crippen LogP contribution in [0, 0.1) is 6.92 Å². The lowest BCUT2D eigenvalue weighted by Gasteiger charge is -2.38. The van der Waals surface area contributed by atoms with E-state index in [0.29, 0.717) is 5.92 Å². The van der Waals surface area contributed by atoms with Gasteiger partial charge < -0.3 is 14.4 Å². The zero-order valence-corrected chi connectivity index (χ0v) is 14.0. The summed E-state index contributed by atoms with van der Waals surface area (Å²) in [6.07, 6.45) is 6.16. The van der Waals surface area contributed by atoms with E-state index in [9.17, 15) is 5.11 Å². The van der Waals surface area contributed by atoms with Crippen molar-refractivity contribution >= 4 is 0 Å². The average molecular weight is 314 g/mol. The molecule has 2 aromatic rings. The lowest BCUT2D eigenvalue weighted by Crippen LogP contribution is -2.43. The smallest absolute Gasteiger partial charge is 0.107 e. The predicted molar refractivity (Wildman–Crippen MR) is 90.3 cm³/mol. The summed E-state index contributed by atoms with van der Waals surface area (Å²) in [6.45, 7) is 7.10. The number of piperidine rings is 1. The van der Waals surface area contributed by atoms with Gasteiger partial charge in [0, 0.05) is 37.0 Å². The fourth-order valence-corrected chi connectivity index (χ4v) is 3.31. The van der Waals surface area contributed by atoms with Crippen molar-refractivity contribution in [2.24, 2.45) is 0 Å². The van der Waals surface area contributed by atoms with Gasteiger partial charge in [-0.1, -0.05) is 13.0 Å². The van der Waals surface area contributed by atoms with Gasteiger partial charge in [-0.25, -0.2) is 0 Å². The van der Waals surface area contributed by atoms with Crippen LogP contribution in [0.15, 0.2) is 41.1 Å². The van der Waals surface area contributed by atoms with Crippen molar-refractivity contribution < 1.29 is 9.52 Å². The summed E-state index contributed by atoms with van der Waals surface area (Å²) in [7, 11) is 0. The Labute approximate surface area is 138 Å². The number of hydrogen-bond donors (Lipinski definition) is 1. The zero-order chi connectivity index (χ0) is 16.3. The molecule has 0 saturated carbocycles. The third-order valence-corrected chi connectivity index (χ3v) is 5.01. The van der Waals surface area contributed by atoms with Gasteiger partial charge in [-0.2, -0.15) is 0 Å². The number of likely N-dealkylation sites (tertiary alicyclic amines) is 1. The quantitative estimate of drug-likeness (QED) is 0.918. The van der Waals surface area contributed by atoms with E-state index in [1.165, 1.54) is 0 Å². The van der Waals surface area contributed by atoms with Gasteiger partial charge in [0.15, 0.2) is 0 Å². The first-order chi connectivity index (χ1) is 11.1. The van der Waals surface area contributed by atoms with Gasteiger partial charge in [0.05, 0.1) is 5.60 Å². The molecule has 23 heavy (non-hydrogen) atoms. The van der Waals surface area contributed by atoms with Gasteiger partial charge in [-0.15, -0.1) is 0 Å². The van der Waals surface area contributed by atoms with Crippen LogP contribution in [-0.4, -0.2) is 34.6 Å². The minimum atomic E-state index is -0.714. The summed E-state index contributed by atoms with van der Waals surface area (Å²) in [4.78, 5) is 6.58. The highest BCUT2D eigenvalue weighted by molar-refractivity contribution is 5.19. The molecule has 1 fully saturated rings. The molecule has 2 aromatic heterocycles. The second kappa shape index (κ2) is 6.85. The van der Waals surface area contributed by atoms with E-state index in [4.69, 9.17) is 4.42 Å². The molecule has 4 heteroatoms. The maximum absolute atomic E-state index is 10.8. The van der Waals surface area contributed by atoms with E-state index >= 15 is 0 Å². The van der Waals surface area contributed by atoms with Crippen molar-refractivity contribution in [3.05, 3.63) is 53.7 Å². The fourth-order valence-electron chi connectivity index (χ4n) is 3.31. The molecule has 0 amide bonds. The monoisotopic (exact) mass is 314 g/mol. The van der Waals surface area contributed by atoms with Crippen LogP contribution < -0.4 is 0 Å². The van der Waals surface area contributed by atoms with Crippen molar-refractivity contribution in [1.29, 1.82) is 0 Å². The summed E-state index contributed by atoms with van der Waals surface area (Å²) in [6, 6.07) is 7.98. The molecule has 0 radical (unpaired) electrons. The highest BCUT2D eigenvalue weighted by Gasteiger charge is 2.34. The topological polar surface area (TPSA) is 49.5 Å². The van der Waals surface area contributed by atoms with Gasteiger partial charge in [-0.3, -0.25) is 4.98 Å². The summed E-state index contributed by atoms with van der Waals surface area (Å²) in [5, 5.41) is 10.8. The van der Waals surface area contributed by atoms with Crippen LogP contribution in [0.4, 0.5) is 0 Å². The van der Waals surface area contributed by atoms with Crippen LogP contribution >= 0.6 is 0 Å². The Hall–Kier alpha value is -1.65. The molecule has 0 aromatic carbocycles. The Morgan fingerprint density at radius 2 is 2.09 bits per heavy atom. The minimum absolute atomic E-state index is 0.433. The van der Waals surface area contributed by atoms with E-state index in [2.05, 4.69) is 22.9 Å². The summed E-state index contributed by atoms with van der Waals surface area (Å²) in [5.41, 5.74) is 0.230. The van der Waals surface area contributed by atoms with Gasteiger partial charge in [0.25, 0.3) is 0 Å². The summed E-state index contributed by atoms with van der Waals surface area (Å²) in [5.74, 6) is 2.49. The molecule has 124 valence electrons. The van der Waals surface area contributed by atoms with E-state index in [0.717, 1.165) is 56.0 Å². The number of furan rings is 1. The van der Waals surface area contributed by atoms with Crippen molar-refractivity contribution in [2.45, 2.75) is 44.6 Å². The average Bonchev–Trinajstić information content (AvgIpc) is 3.01. The predicted octanol–water partition coefficient (Wildman–Crippen LogP) is 3.46. The molecule has 1 saturated heterocycles. The Balaban J connectivity index is 1.49. The van der Waals surface area contributed by atoms with Crippen LogP contribution in [0.1, 0.15) is 49.2 Å². The van der Waals surface area contributed by atoms with Crippen LogP contribution in [0.25, 0.3) is 0 Å². The Bertz CT molecular complexity index is 615. The van der Waals surface area contributed by atoms with Crippen LogP contribution in [0.2, 0.25) is 0 Å². The number of aryl methyl sites for hydroxylation is 1. The first kappa shape index (κ1) is 16.2. The van der Waals surface area contributed by atoms with Gasteiger partial charge in [-0.05, 0) is 50.9 Å². The fraction of sp³-hybridized carbons (Fsp3) is 0.526. The lowest BCUT2D eigenvalue weighted by molar-refractivity contribution is -0.0265. The van der Waals surface area contributed by atoms with Crippen LogP contribution in [0.5, 0.6) is 0 Å². The molecule has 0 spiro atoms. The van der Waals surface area contributed by atoms with E-state index in [1.807, 2.05) is 25.1 Å². The van der Waals surface area contributed by atoms with Gasteiger partial charge >= 0.3 is 0 Å². The third kappa shape index (κ3) is 3.82. The largest absolute Gasteiger partial charge is 0.466 e. The molecule has 0 unspecified atom stereocenters. The van der Waals surface area contributed by atoms with Gasteiger partial charge in [0.1, 0.15) is 11.5 Å². The molecule has 3 heterocycles. The number of aliphatic hydroxyl groups is 1. The van der Waals surface area contributed by atoms with Crippen molar-refractivity contribution in [3.8, 4) is 0 Å². The number of hydrogen-bond acceptors (Lipinski definition) is 4. The second-order valence-electron chi connectivity index (χ2n) is 6.75. The first-order valence-corrected chi connectivity index (χ1v) is 8.48. The minimum Gasteiger partial charge on any atom is -0.466 e. The Kier molecular flexibility index (Phi) is 4.83. The second-order valence-corrected chi connectivity index (χ2v) is 6.75. The molecule has 1 aliphatic heterocycles. The molecule has 1 atom stereocenters.